The number of pyridine rings is 1. The molecule has 2 aromatic rings. The number of ether oxygens (including phenoxy) is 1. The molecule has 168 valence electrons. The number of nitrogens with zero attached hydrogens (tertiary/aromatic N) is 3. The van der Waals surface area contributed by atoms with Crippen molar-refractivity contribution in [3.8, 4) is 0 Å². The van der Waals surface area contributed by atoms with E-state index in [2.05, 4.69) is 28.5 Å². The van der Waals surface area contributed by atoms with Gasteiger partial charge in [-0.2, -0.15) is 0 Å². The normalized spacial score (nSPS) is 21.9. The van der Waals surface area contributed by atoms with Gasteiger partial charge in [0, 0.05) is 56.8 Å². The molecule has 5 rings (SSSR count). The van der Waals surface area contributed by atoms with Crippen LogP contribution in [0.3, 0.4) is 0 Å². The van der Waals surface area contributed by atoms with Crippen LogP contribution in [0.25, 0.3) is 0 Å². The van der Waals surface area contributed by atoms with Crippen LogP contribution in [0.4, 0.5) is 10.5 Å². The van der Waals surface area contributed by atoms with Gasteiger partial charge in [-0.15, -0.1) is 0 Å². The van der Waals surface area contributed by atoms with Gasteiger partial charge >= 0.3 is 6.03 Å². The number of rotatable bonds is 4. The highest BCUT2D eigenvalue weighted by Crippen LogP contribution is 2.31. The molecular weight excluding hydrogens is 404 g/mol. The highest BCUT2D eigenvalue weighted by atomic mass is 16.5. The first kappa shape index (κ1) is 20.9. The molecule has 1 atom stereocenters. The second-order valence-electron chi connectivity index (χ2n) is 9.10. The molecule has 0 spiro atoms. The second-order valence-corrected chi connectivity index (χ2v) is 9.10. The number of hydrogen-bond acceptors (Lipinski definition) is 4. The number of nitrogens with one attached hydrogen (secondary N) is 1. The number of hydrogen-bond donors (Lipinski definition) is 1. The predicted octanol–water partition coefficient (Wildman–Crippen LogP) is 3.46. The van der Waals surface area contributed by atoms with Crippen LogP contribution in [0.5, 0.6) is 0 Å². The summed E-state index contributed by atoms with van der Waals surface area (Å²) >= 11 is 0. The Morgan fingerprint density at radius 2 is 1.72 bits per heavy atom. The Morgan fingerprint density at radius 1 is 0.938 bits per heavy atom. The van der Waals surface area contributed by atoms with Crippen molar-refractivity contribution < 1.29 is 14.3 Å². The third kappa shape index (κ3) is 4.48. The van der Waals surface area contributed by atoms with Gasteiger partial charge < -0.3 is 19.9 Å². The molecule has 1 aromatic heterocycles. The third-order valence-electron chi connectivity index (χ3n) is 7.04. The first-order valence-electron chi connectivity index (χ1n) is 11.6. The van der Waals surface area contributed by atoms with Gasteiger partial charge in [0.15, 0.2) is 0 Å². The van der Waals surface area contributed by atoms with E-state index in [1.807, 2.05) is 34.2 Å². The minimum absolute atomic E-state index is 0.0550. The van der Waals surface area contributed by atoms with Gasteiger partial charge in [-0.1, -0.05) is 18.2 Å². The molecule has 4 heterocycles. The van der Waals surface area contributed by atoms with Gasteiger partial charge in [-0.05, 0) is 54.5 Å². The first-order chi connectivity index (χ1) is 15.7. The number of anilines is 1. The molecule has 0 radical (unpaired) electrons. The van der Waals surface area contributed by atoms with E-state index in [1.54, 1.807) is 6.20 Å². The minimum atomic E-state index is -0.0550. The fourth-order valence-corrected chi connectivity index (χ4v) is 4.93. The Hall–Kier alpha value is -2.93. The Labute approximate surface area is 188 Å². The van der Waals surface area contributed by atoms with Gasteiger partial charge in [0.05, 0.1) is 12.5 Å². The van der Waals surface area contributed by atoms with E-state index in [4.69, 9.17) is 4.74 Å². The zero-order chi connectivity index (χ0) is 21.9. The smallest absolute Gasteiger partial charge is 0.321 e. The molecule has 3 fully saturated rings. The van der Waals surface area contributed by atoms with Crippen LogP contribution in [0.2, 0.25) is 0 Å². The summed E-state index contributed by atoms with van der Waals surface area (Å²) in [5.74, 6) is 1.14. The molecule has 0 aliphatic carbocycles. The van der Waals surface area contributed by atoms with Crippen LogP contribution in [0.1, 0.15) is 42.2 Å². The monoisotopic (exact) mass is 434 g/mol. The minimum Gasteiger partial charge on any atom is -0.381 e. The molecule has 3 amide bonds. The van der Waals surface area contributed by atoms with Crippen LogP contribution >= 0.6 is 0 Å². The van der Waals surface area contributed by atoms with Crippen molar-refractivity contribution in [2.45, 2.75) is 31.1 Å². The maximum Gasteiger partial charge on any atom is 0.321 e. The van der Waals surface area contributed by atoms with Crippen molar-refractivity contribution in [2.24, 2.45) is 5.92 Å². The number of amides is 3. The van der Waals surface area contributed by atoms with Crippen LogP contribution in [0.15, 0.2) is 48.8 Å². The number of likely N-dealkylation sites (tertiary alicyclic amines) is 2. The summed E-state index contributed by atoms with van der Waals surface area (Å²) in [6, 6.07) is 12.1. The van der Waals surface area contributed by atoms with Crippen molar-refractivity contribution in [1.29, 1.82) is 0 Å². The van der Waals surface area contributed by atoms with Gasteiger partial charge in [0.2, 0.25) is 5.91 Å². The largest absolute Gasteiger partial charge is 0.381 e. The zero-order valence-corrected chi connectivity index (χ0v) is 18.3. The van der Waals surface area contributed by atoms with E-state index in [9.17, 15) is 9.59 Å². The summed E-state index contributed by atoms with van der Waals surface area (Å²) in [4.78, 5) is 33.1. The van der Waals surface area contributed by atoms with Crippen molar-refractivity contribution in [2.75, 3.05) is 44.7 Å². The van der Waals surface area contributed by atoms with Crippen molar-refractivity contribution in [1.82, 2.24) is 14.8 Å². The van der Waals surface area contributed by atoms with Crippen molar-refractivity contribution in [3.05, 3.63) is 59.9 Å². The molecule has 3 saturated heterocycles. The molecule has 7 nitrogen and oxygen atoms in total. The highest BCUT2D eigenvalue weighted by Gasteiger charge is 2.32. The summed E-state index contributed by atoms with van der Waals surface area (Å²) < 4.78 is 5.37. The third-order valence-corrected chi connectivity index (χ3v) is 7.04. The zero-order valence-electron chi connectivity index (χ0n) is 18.3. The molecule has 0 bridgehead atoms. The van der Waals surface area contributed by atoms with Gasteiger partial charge in [-0.25, -0.2) is 4.79 Å². The van der Waals surface area contributed by atoms with E-state index in [-0.39, 0.29) is 17.9 Å². The predicted molar refractivity (Wildman–Crippen MR) is 121 cm³/mol. The Kier molecular flexibility index (Phi) is 6.08. The number of carbonyl (C=O) groups is 2. The maximum atomic E-state index is 12.6. The lowest BCUT2D eigenvalue weighted by Crippen LogP contribution is -2.50. The first-order valence-corrected chi connectivity index (χ1v) is 11.6. The van der Waals surface area contributed by atoms with Gasteiger partial charge in [0.25, 0.3) is 0 Å². The van der Waals surface area contributed by atoms with Gasteiger partial charge in [0.1, 0.15) is 0 Å². The SMILES string of the molecule is O=C(Nc1ccc(C2CCN(C(=O)C3CCOC3)CC2)cc1)N1CC(c2cccnc2)C1. The number of piperidine rings is 1. The lowest BCUT2D eigenvalue weighted by molar-refractivity contribution is -0.136. The maximum absolute atomic E-state index is 12.6. The van der Waals surface area contributed by atoms with E-state index >= 15 is 0 Å². The fraction of sp³-hybridized carbons (Fsp3) is 0.480. The Balaban J connectivity index is 1.09. The number of benzene rings is 1. The Morgan fingerprint density at radius 3 is 2.38 bits per heavy atom. The van der Waals surface area contributed by atoms with Crippen LogP contribution in [0, 0.1) is 5.92 Å². The van der Waals surface area contributed by atoms with Gasteiger partial charge in [-0.3, -0.25) is 9.78 Å². The Bertz CT molecular complexity index is 929. The number of aromatic nitrogens is 1. The number of urea groups is 1. The molecule has 3 aliphatic rings. The van der Waals surface area contributed by atoms with Crippen molar-refractivity contribution in [3.63, 3.8) is 0 Å². The van der Waals surface area contributed by atoms with Crippen LogP contribution in [-0.2, 0) is 9.53 Å². The molecule has 7 heteroatoms. The molecular formula is C25H30N4O3. The van der Waals surface area contributed by atoms with E-state index in [1.165, 1.54) is 11.1 Å². The average molecular weight is 435 g/mol. The molecule has 1 unspecified atom stereocenters. The summed E-state index contributed by atoms with van der Waals surface area (Å²) in [7, 11) is 0. The highest BCUT2D eigenvalue weighted by molar-refractivity contribution is 5.90. The fourth-order valence-electron chi connectivity index (χ4n) is 4.93. The van der Waals surface area contributed by atoms with Crippen LogP contribution in [-0.4, -0.2) is 66.1 Å². The van der Waals surface area contributed by atoms with Crippen molar-refractivity contribution >= 4 is 17.6 Å². The lowest BCUT2D eigenvalue weighted by atomic mass is 9.89. The summed E-state index contributed by atoms with van der Waals surface area (Å²) in [5.41, 5.74) is 3.28. The summed E-state index contributed by atoms with van der Waals surface area (Å²) in [6.45, 7) is 4.35. The summed E-state index contributed by atoms with van der Waals surface area (Å²) in [5, 5.41) is 3.01. The molecule has 1 N–H and O–H groups in total. The quantitative estimate of drug-likeness (QED) is 0.800. The van der Waals surface area contributed by atoms with E-state index < -0.39 is 0 Å². The molecule has 1 aromatic carbocycles. The average Bonchev–Trinajstić information content (AvgIpc) is 3.34. The number of carbonyl (C=O) groups excluding carboxylic acids is 2. The van der Waals surface area contributed by atoms with E-state index in [0.717, 1.165) is 51.1 Å². The lowest BCUT2D eigenvalue weighted by Gasteiger charge is -2.39. The standard InChI is InChI=1S/C25H30N4O3/c30-24(21-9-13-32-17-21)28-11-7-19(8-12-28)18-3-5-23(6-4-18)27-25(31)29-15-22(16-29)20-2-1-10-26-14-20/h1-6,10,14,19,21-22H,7-9,11-13,15-17H2,(H,27,31). The van der Waals surface area contributed by atoms with Crippen LogP contribution < -0.4 is 5.32 Å². The molecule has 0 saturated carbocycles. The molecule has 32 heavy (non-hydrogen) atoms. The second kappa shape index (κ2) is 9.28. The topological polar surface area (TPSA) is 74.8 Å². The molecule has 3 aliphatic heterocycles. The van der Waals surface area contributed by atoms with E-state index in [0.29, 0.717) is 25.0 Å². The summed E-state index contributed by atoms with van der Waals surface area (Å²) in [6.07, 6.45) is 6.46.